The minimum absolute atomic E-state index is 0.0982. The maximum atomic E-state index is 14.2. The number of carbonyl (C=O) groups is 1. The molecule has 1 aliphatic heterocycles. The topological polar surface area (TPSA) is 178 Å². The van der Waals surface area contributed by atoms with Crippen LogP contribution in [0.1, 0.15) is 33.9 Å². The molecule has 236 valence electrons. The third-order valence-corrected chi connectivity index (χ3v) is 8.29. The van der Waals surface area contributed by atoms with Crippen molar-refractivity contribution in [1.82, 2.24) is 14.6 Å². The molecule has 0 aliphatic carbocycles. The molecule has 0 amide bonds. The normalized spacial score (nSPS) is 23.8. The summed E-state index contributed by atoms with van der Waals surface area (Å²) in [4.78, 5) is 38.8. The van der Waals surface area contributed by atoms with Gasteiger partial charge in [-0.25, -0.2) is 9.36 Å². The summed E-state index contributed by atoms with van der Waals surface area (Å²) >= 11 is 5.55. The molecule has 0 saturated carbocycles. The van der Waals surface area contributed by atoms with Gasteiger partial charge in [0.25, 0.3) is 5.56 Å². The van der Waals surface area contributed by atoms with Crippen LogP contribution in [0.25, 0.3) is 10.8 Å². The molecule has 3 aromatic rings. The third-order valence-electron chi connectivity index (χ3n) is 6.56. The average Bonchev–Trinajstić information content (AvgIpc) is 3.19. The average molecular weight is 650 g/mol. The Morgan fingerprint density at radius 3 is 2.61 bits per heavy atom. The maximum Gasteiger partial charge on any atom is 0.459 e. The number of nitrogens with zero attached hydrogens (tertiary/aromatic N) is 1. The van der Waals surface area contributed by atoms with E-state index in [1.165, 1.54) is 6.92 Å². The van der Waals surface area contributed by atoms with Crippen LogP contribution in [0.5, 0.6) is 5.75 Å². The van der Waals surface area contributed by atoms with Gasteiger partial charge in [-0.1, -0.05) is 57.2 Å². The lowest BCUT2D eigenvalue weighted by molar-refractivity contribution is -0.148. The fraction of sp³-hybridized carbons (Fsp3) is 0.414. The van der Waals surface area contributed by atoms with E-state index in [2.05, 4.69) is 11.0 Å². The fourth-order valence-electron chi connectivity index (χ4n) is 4.37. The number of H-pyrrole nitrogens is 1. The zero-order valence-electron chi connectivity index (χ0n) is 24.4. The third kappa shape index (κ3) is 7.60. The van der Waals surface area contributed by atoms with E-state index in [4.69, 9.17) is 30.1 Å². The standard InChI is InChI=1S/C29H33ClN3O10P/c1-18(25(36)40-17-28(2,3)4)32-44(39,43-21-11-7-9-19-8-5-6-10-20(19)21)41-16-22-24(35)29(38,13-14-30)26(42-22)33-15-12-23(34)31-27(33)37/h5-12,15,18,22,24,26,35,38H,16-17H2,1-4H3,(H,32,39)(H,31,34,37)/t18-,22+,24?,26+,29+,44+/m0/s1. The first-order chi connectivity index (χ1) is 20.7. The molecule has 2 aromatic carbocycles. The first kappa shape index (κ1) is 33.4. The number of fused-ring (bicyclic) bond motifs is 1. The number of hydrogen-bond donors (Lipinski definition) is 4. The van der Waals surface area contributed by atoms with Crippen molar-refractivity contribution in [2.75, 3.05) is 13.2 Å². The molecule has 4 N–H and O–H groups in total. The number of nitrogens with one attached hydrogen (secondary N) is 2. The minimum atomic E-state index is -4.47. The van der Waals surface area contributed by atoms with E-state index < -0.39 is 61.7 Å². The van der Waals surface area contributed by atoms with Gasteiger partial charge in [0.2, 0.25) is 5.60 Å². The van der Waals surface area contributed by atoms with E-state index in [0.29, 0.717) is 5.39 Å². The largest absolute Gasteiger partial charge is 0.464 e. The van der Waals surface area contributed by atoms with Crippen molar-refractivity contribution >= 4 is 36.1 Å². The molecule has 4 rings (SSSR count). The summed E-state index contributed by atoms with van der Waals surface area (Å²) in [6, 6.07) is 12.1. The summed E-state index contributed by atoms with van der Waals surface area (Å²) < 4.78 is 37.7. The highest BCUT2D eigenvalue weighted by Crippen LogP contribution is 2.48. The first-order valence-corrected chi connectivity index (χ1v) is 15.4. The molecule has 44 heavy (non-hydrogen) atoms. The highest BCUT2D eigenvalue weighted by molar-refractivity contribution is 7.52. The Balaban J connectivity index is 1.63. The summed E-state index contributed by atoms with van der Waals surface area (Å²) in [5, 5.41) is 28.2. The van der Waals surface area contributed by atoms with Crippen LogP contribution in [0.2, 0.25) is 0 Å². The molecule has 0 radical (unpaired) electrons. The van der Waals surface area contributed by atoms with Gasteiger partial charge in [0.1, 0.15) is 24.0 Å². The number of benzene rings is 2. The smallest absolute Gasteiger partial charge is 0.459 e. The summed E-state index contributed by atoms with van der Waals surface area (Å²) in [6.07, 6.45) is -3.91. The van der Waals surface area contributed by atoms with Crippen LogP contribution in [-0.2, 0) is 23.4 Å². The highest BCUT2D eigenvalue weighted by Gasteiger charge is 2.56. The number of esters is 1. The van der Waals surface area contributed by atoms with E-state index in [0.717, 1.165) is 22.2 Å². The second-order valence-electron chi connectivity index (χ2n) is 11.4. The van der Waals surface area contributed by atoms with Gasteiger partial charge in [-0.3, -0.25) is 23.7 Å². The van der Waals surface area contributed by atoms with Gasteiger partial charge in [0.15, 0.2) is 6.23 Å². The Bertz CT molecular complexity index is 1740. The number of aliphatic hydroxyl groups excluding tert-OH is 1. The summed E-state index contributed by atoms with van der Waals surface area (Å²) in [7, 11) is -4.47. The molecule has 13 nitrogen and oxygen atoms in total. The maximum absolute atomic E-state index is 14.2. The molecule has 1 saturated heterocycles. The van der Waals surface area contributed by atoms with Crippen molar-refractivity contribution in [2.45, 2.75) is 57.8 Å². The van der Waals surface area contributed by atoms with Crippen molar-refractivity contribution in [2.24, 2.45) is 5.41 Å². The van der Waals surface area contributed by atoms with Crippen LogP contribution in [0.3, 0.4) is 0 Å². The molecule has 1 fully saturated rings. The van der Waals surface area contributed by atoms with Crippen molar-refractivity contribution in [3.8, 4) is 17.0 Å². The van der Waals surface area contributed by atoms with Crippen molar-refractivity contribution in [3.63, 3.8) is 0 Å². The van der Waals surface area contributed by atoms with Crippen LogP contribution in [0, 0.1) is 16.7 Å². The quantitative estimate of drug-likeness (QED) is 0.144. The molecule has 2 heterocycles. The van der Waals surface area contributed by atoms with Crippen LogP contribution in [-0.4, -0.2) is 62.8 Å². The fourth-order valence-corrected chi connectivity index (χ4v) is 6.05. The van der Waals surface area contributed by atoms with Gasteiger partial charge in [-0.05, 0) is 41.3 Å². The number of carbonyl (C=O) groups excluding carboxylic acids is 1. The van der Waals surface area contributed by atoms with E-state index in [1.54, 1.807) is 24.3 Å². The van der Waals surface area contributed by atoms with Gasteiger partial charge in [0, 0.05) is 23.0 Å². The summed E-state index contributed by atoms with van der Waals surface area (Å²) in [5.41, 5.74) is -4.43. The summed E-state index contributed by atoms with van der Waals surface area (Å²) in [6.45, 7) is 6.48. The zero-order chi connectivity index (χ0) is 32.3. The molecular formula is C29H33ClN3O10P. The molecule has 1 unspecified atom stereocenters. The van der Waals surface area contributed by atoms with Gasteiger partial charge >= 0.3 is 19.4 Å². The van der Waals surface area contributed by atoms with Crippen LogP contribution < -0.4 is 20.9 Å². The van der Waals surface area contributed by atoms with Gasteiger partial charge in [-0.15, -0.1) is 0 Å². The van der Waals surface area contributed by atoms with Crippen LogP contribution in [0.15, 0.2) is 64.3 Å². The van der Waals surface area contributed by atoms with Gasteiger partial charge in [0.05, 0.1) is 13.2 Å². The number of aliphatic hydroxyl groups is 2. The van der Waals surface area contributed by atoms with Gasteiger partial charge < -0.3 is 24.2 Å². The number of hydrogen-bond acceptors (Lipinski definition) is 10. The SMILES string of the molecule is C[C@H](N[P@@](=O)(OC[C@H]1O[C@@H](n2ccc(=O)[nH]c2=O)[C@@](O)(C#CCl)C1O)Oc1cccc2ccccc12)C(=O)OCC(C)(C)C. The van der Waals surface area contributed by atoms with E-state index in [-0.39, 0.29) is 17.8 Å². The Morgan fingerprint density at radius 2 is 1.93 bits per heavy atom. The van der Waals surface area contributed by atoms with Crippen LogP contribution >= 0.6 is 19.3 Å². The number of ether oxygens (including phenoxy) is 2. The molecule has 1 aromatic heterocycles. The number of rotatable bonds is 10. The van der Waals surface area contributed by atoms with Crippen LogP contribution in [0.4, 0.5) is 0 Å². The number of aromatic nitrogens is 2. The molecule has 1 aliphatic rings. The number of halogens is 1. The monoisotopic (exact) mass is 649 g/mol. The molecule has 6 atom stereocenters. The Labute approximate surface area is 257 Å². The zero-order valence-corrected chi connectivity index (χ0v) is 26.0. The Hall–Kier alpha value is -3.47. The predicted molar refractivity (Wildman–Crippen MR) is 161 cm³/mol. The lowest BCUT2D eigenvalue weighted by Gasteiger charge is -2.26. The highest BCUT2D eigenvalue weighted by atomic mass is 35.5. The molecular weight excluding hydrogens is 617 g/mol. The first-order valence-electron chi connectivity index (χ1n) is 13.5. The second kappa shape index (κ2) is 13.3. The molecule has 15 heteroatoms. The lowest BCUT2D eigenvalue weighted by atomic mass is 9.95. The second-order valence-corrected chi connectivity index (χ2v) is 13.3. The summed E-state index contributed by atoms with van der Waals surface area (Å²) in [5.74, 6) is 1.69. The molecule has 0 spiro atoms. The Kier molecular flexibility index (Phi) is 10.1. The van der Waals surface area contributed by atoms with Crippen molar-refractivity contribution < 1.29 is 38.1 Å². The Morgan fingerprint density at radius 1 is 1.23 bits per heavy atom. The predicted octanol–water partition coefficient (Wildman–Crippen LogP) is 2.65. The van der Waals surface area contributed by atoms with E-state index in [9.17, 15) is 29.2 Å². The van der Waals surface area contributed by atoms with E-state index in [1.807, 2.05) is 49.3 Å². The van der Waals surface area contributed by atoms with E-state index >= 15 is 0 Å². The molecule has 0 bridgehead atoms. The number of aromatic amines is 1. The van der Waals surface area contributed by atoms with Crippen molar-refractivity contribution in [3.05, 3.63) is 75.6 Å². The minimum Gasteiger partial charge on any atom is -0.464 e. The lowest BCUT2D eigenvalue weighted by Crippen LogP contribution is -2.48. The van der Waals surface area contributed by atoms with Gasteiger partial charge in [-0.2, -0.15) is 5.09 Å². The van der Waals surface area contributed by atoms with Crippen molar-refractivity contribution in [1.29, 1.82) is 0 Å².